The summed E-state index contributed by atoms with van der Waals surface area (Å²) in [5.41, 5.74) is 0.536. The van der Waals surface area contributed by atoms with Crippen LogP contribution in [0.1, 0.15) is 25.5 Å². The third kappa shape index (κ3) is 2.97. The van der Waals surface area contributed by atoms with Crippen LogP contribution in [0.5, 0.6) is 0 Å². The van der Waals surface area contributed by atoms with Crippen molar-refractivity contribution in [3.8, 4) is 0 Å². The Hall–Kier alpha value is -1.06. The first-order valence-electron chi connectivity index (χ1n) is 5.09. The quantitative estimate of drug-likeness (QED) is 0.854. The Balaban J connectivity index is 2.99. The number of carboxylic acid groups (broad SMARTS) is 1. The van der Waals surface area contributed by atoms with Crippen molar-refractivity contribution >= 4 is 17.6 Å². The summed E-state index contributed by atoms with van der Waals surface area (Å²) in [5, 5.41) is 19.5. The Kier molecular flexibility index (Phi) is 4.33. The molecule has 3 nitrogen and oxygen atoms in total. The van der Waals surface area contributed by atoms with Crippen LogP contribution in [0, 0.1) is 11.8 Å². The van der Waals surface area contributed by atoms with Crippen LogP contribution in [0.15, 0.2) is 24.3 Å². The number of hydrogen-bond acceptors (Lipinski definition) is 2. The van der Waals surface area contributed by atoms with Gasteiger partial charge in [-0.2, -0.15) is 0 Å². The molecule has 0 bridgehead atoms. The SMILES string of the molecule is CC(C)C(C(=O)O)C(O)c1cccc(Cl)c1. The second-order valence-electron chi connectivity index (χ2n) is 4.11. The summed E-state index contributed by atoms with van der Waals surface area (Å²) in [6.07, 6.45) is -1.03. The molecule has 16 heavy (non-hydrogen) atoms. The molecule has 0 saturated carbocycles. The van der Waals surface area contributed by atoms with Crippen molar-refractivity contribution in [3.63, 3.8) is 0 Å². The van der Waals surface area contributed by atoms with Gasteiger partial charge in [-0.15, -0.1) is 0 Å². The molecule has 88 valence electrons. The summed E-state index contributed by atoms with van der Waals surface area (Å²) < 4.78 is 0. The minimum Gasteiger partial charge on any atom is -0.481 e. The van der Waals surface area contributed by atoms with Crippen LogP contribution in [0.2, 0.25) is 5.02 Å². The molecule has 1 aromatic rings. The molecule has 2 N–H and O–H groups in total. The third-order valence-electron chi connectivity index (χ3n) is 2.53. The molecule has 2 unspecified atom stereocenters. The van der Waals surface area contributed by atoms with Gasteiger partial charge in [-0.25, -0.2) is 0 Å². The molecule has 0 aliphatic heterocycles. The predicted octanol–water partition coefficient (Wildman–Crippen LogP) is 2.73. The fourth-order valence-corrected chi connectivity index (χ4v) is 1.88. The van der Waals surface area contributed by atoms with Gasteiger partial charge in [-0.1, -0.05) is 37.6 Å². The highest BCUT2D eigenvalue weighted by Crippen LogP contribution is 2.29. The smallest absolute Gasteiger partial charge is 0.309 e. The Morgan fingerprint density at radius 1 is 1.38 bits per heavy atom. The molecule has 0 saturated heterocycles. The fraction of sp³-hybridized carbons (Fsp3) is 0.417. The molecule has 0 aliphatic rings. The number of carboxylic acids is 1. The maximum absolute atomic E-state index is 11.0. The monoisotopic (exact) mass is 242 g/mol. The van der Waals surface area contributed by atoms with Crippen LogP contribution in [0.3, 0.4) is 0 Å². The zero-order valence-electron chi connectivity index (χ0n) is 9.22. The predicted molar refractivity (Wildman–Crippen MR) is 62.4 cm³/mol. The van der Waals surface area contributed by atoms with E-state index in [-0.39, 0.29) is 5.92 Å². The van der Waals surface area contributed by atoms with Gasteiger partial charge in [0.2, 0.25) is 0 Å². The Morgan fingerprint density at radius 3 is 2.44 bits per heavy atom. The minimum atomic E-state index is -1.03. The molecule has 0 amide bonds. The van der Waals surface area contributed by atoms with Crippen LogP contribution < -0.4 is 0 Å². The number of halogens is 1. The molecular formula is C12H15ClO3. The maximum atomic E-state index is 11.0. The highest BCUT2D eigenvalue weighted by Gasteiger charge is 2.30. The highest BCUT2D eigenvalue weighted by molar-refractivity contribution is 6.30. The summed E-state index contributed by atoms with van der Waals surface area (Å²) in [7, 11) is 0. The van der Waals surface area contributed by atoms with E-state index in [2.05, 4.69) is 0 Å². The molecule has 0 heterocycles. The lowest BCUT2D eigenvalue weighted by molar-refractivity contribution is -0.148. The van der Waals surface area contributed by atoms with E-state index < -0.39 is 18.0 Å². The molecule has 1 rings (SSSR count). The van der Waals surface area contributed by atoms with Gasteiger partial charge >= 0.3 is 5.97 Å². The number of rotatable bonds is 4. The van der Waals surface area contributed by atoms with Crippen molar-refractivity contribution in [3.05, 3.63) is 34.9 Å². The van der Waals surface area contributed by atoms with Gasteiger partial charge in [0.05, 0.1) is 12.0 Å². The summed E-state index contributed by atoms with van der Waals surface area (Å²) in [5.74, 6) is -1.97. The van der Waals surface area contributed by atoms with Gasteiger partial charge < -0.3 is 10.2 Å². The number of aliphatic carboxylic acids is 1. The summed E-state index contributed by atoms with van der Waals surface area (Å²) in [4.78, 5) is 11.0. The zero-order chi connectivity index (χ0) is 12.3. The van der Waals surface area contributed by atoms with E-state index in [1.54, 1.807) is 38.1 Å². The maximum Gasteiger partial charge on any atom is 0.309 e. The van der Waals surface area contributed by atoms with Crippen LogP contribution in [0.4, 0.5) is 0 Å². The summed E-state index contributed by atoms with van der Waals surface area (Å²) >= 11 is 5.79. The highest BCUT2D eigenvalue weighted by atomic mass is 35.5. The largest absolute Gasteiger partial charge is 0.481 e. The normalized spacial score (nSPS) is 14.8. The average Bonchev–Trinajstić information content (AvgIpc) is 2.16. The van der Waals surface area contributed by atoms with Crippen molar-refractivity contribution in [2.24, 2.45) is 11.8 Å². The molecule has 0 fully saturated rings. The molecule has 0 radical (unpaired) electrons. The third-order valence-corrected chi connectivity index (χ3v) is 2.77. The van der Waals surface area contributed by atoms with Gasteiger partial charge in [-0.3, -0.25) is 4.79 Å². The second kappa shape index (κ2) is 5.32. The number of hydrogen-bond donors (Lipinski definition) is 2. The van der Waals surface area contributed by atoms with E-state index in [1.165, 1.54) is 0 Å². The van der Waals surface area contributed by atoms with Gasteiger partial charge in [0.1, 0.15) is 0 Å². The number of aliphatic hydroxyl groups is 1. The van der Waals surface area contributed by atoms with E-state index >= 15 is 0 Å². The molecule has 4 heteroatoms. The second-order valence-corrected chi connectivity index (χ2v) is 4.54. The number of benzene rings is 1. The van der Waals surface area contributed by atoms with E-state index in [9.17, 15) is 9.90 Å². The van der Waals surface area contributed by atoms with Crippen LogP contribution in [-0.2, 0) is 4.79 Å². The van der Waals surface area contributed by atoms with Gasteiger partial charge in [0.15, 0.2) is 0 Å². The van der Waals surface area contributed by atoms with E-state index in [0.717, 1.165) is 0 Å². The van der Waals surface area contributed by atoms with E-state index in [4.69, 9.17) is 16.7 Å². The van der Waals surface area contributed by atoms with Gasteiger partial charge in [-0.05, 0) is 23.6 Å². The molecule has 1 aromatic carbocycles. The van der Waals surface area contributed by atoms with Gasteiger partial charge in [0, 0.05) is 5.02 Å². The van der Waals surface area contributed by atoms with Crippen molar-refractivity contribution in [1.29, 1.82) is 0 Å². The van der Waals surface area contributed by atoms with Crippen LogP contribution >= 0.6 is 11.6 Å². The van der Waals surface area contributed by atoms with Crippen LogP contribution in [0.25, 0.3) is 0 Å². The fourth-order valence-electron chi connectivity index (χ4n) is 1.68. The molecule has 0 spiro atoms. The Morgan fingerprint density at radius 2 is 2.00 bits per heavy atom. The summed E-state index contributed by atoms with van der Waals surface area (Å²) in [6.45, 7) is 3.54. The number of carbonyl (C=O) groups is 1. The Bertz CT molecular complexity index is 376. The molecule has 2 atom stereocenters. The lowest BCUT2D eigenvalue weighted by Gasteiger charge is -2.22. The van der Waals surface area contributed by atoms with Crippen molar-refractivity contribution < 1.29 is 15.0 Å². The molecular weight excluding hydrogens is 228 g/mol. The van der Waals surface area contributed by atoms with E-state index in [1.807, 2.05) is 0 Å². The van der Waals surface area contributed by atoms with Crippen molar-refractivity contribution in [2.75, 3.05) is 0 Å². The average molecular weight is 243 g/mol. The topological polar surface area (TPSA) is 57.5 Å². The van der Waals surface area contributed by atoms with Crippen molar-refractivity contribution in [2.45, 2.75) is 20.0 Å². The first-order chi connectivity index (χ1) is 7.43. The number of aliphatic hydroxyl groups excluding tert-OH is 1. The lowest BCUT2D eigenvalue weighted by atomic mass is 9.87. The minimum absolute atomic E-state index is 0.147. The van der Waals surface area contributed by atoms with Crippen molar-refractivity contribution in [1.82, 2.24) is 0 Å². The Labute approximate surface area is 99.7 Å². The van der Waals surface area contributed by atoms with Crippen LogP contribution in [-0.4, -0.2) is 16.2 Å². The zero-order valence-corrected chi connectivity index (χ0v) is 9.98. The standard InChI is InChI=1S/C12H15ClO3/c1-7(2)10(12(15)16)11(14)8-4-3-5-9(13)6-8/h3-7,10-11,14H,1-2H3,(H,15,16). The lowest BCUT2D eigenvalue weighted by Crippen LogP contribution is -2.26. The summed E-state index contributed by atoms with van der Waals surface area (Å²) in [6, 6.07) is 6.64. The first-order valence-corrected chi connectivity index (χ1v) is 5.47. The molecule has 0 aliphatic carbocycles. The van der Waals surface area contributed by atoms with Gasteiger partial charge in [0.25, 0.3) is 0 Å². The molecule has 0 aromatic heterocycles. The van der Waals surface area contributed by atoms with E-state index in [0.29, 0.717) is 10.6 Å². The first kappa shape index (κ1) is 13.0.